The lowest BCUT2D eigenvalue weighted by atomic mass is 10.0. The first-order valence-corrected chi connectivity index (χ1v) is 7.60. The van der Waals surface area contributed by atoms with Crippen LogP contribution in [0.5, 0.6) is 11.5 Å². The van der Waals surface area contributed by atoms with Crippen molar-refractivity contribution in [2.45, 2.75) is 25.5 Å². The summed E-state index contributed by atoms with van der Waals surface area (Å²) in [6, 6.07) is 5.07. The summed E-state index contributed by atoms with van der Waals surface area (Å²) in [6.07, 6.45) is 1.96. The Kier molecular flexibility index (Phi) is 5.97. The Morgan fingerprint density at radius 1 is 1.47 bits per heavy atom. The number of methoxy groups -OCH3 is 1. The molecule has 108 valence electrons. The van der Waals surface area contributed by atoms with Crippen LogP contribution in [0.1, 0.15) is 25.5 Å². The third-order valence-electron chi connectivity index (χ3n) is 2.95. The number of phenolic OH excluding ortho intramolecular Hbond substituents is 1. The van der Waals surface area contributed by atoms with Crippen LogP contribution < -0.4 is 10.1 Å². The van der Waals surface area contributed by atoms with Crippen molar-refractivity contribution in [1.82, 2.24) is 5.32 Å². The van der Waals surface area contributed by atoms with Crippen LogP contribution in [0, 0.1) is 0 Å². The van der Waals surface area contributed by atoms with Gasteiger partial charge in [0, 0.05) is 23.9 Å². The second-order valence-corrected chi connectivity index (χ2v) is 5.82. The molecule has 5 heteroatoms. The highest BCUT2D eigenvalue weighted by molar-refractivity contribution is 7.98. The Balaban J connectivity index is 2.70. The first-order chi connectivity index (χ1) is 8.89. The highest BCUT2D eigenvalue weighted by Gasteiger charge is 2.21. The van der Waals surface area contributed by atoms with Gasteiger partial charge in [0.1, 0.15) is 11.5 Å². The van der Waals surface area contributed by atoms with Crippen molar-refractivity contribution >= 4 is 11.8 Å². The molecule has 0 bridgehead atoms. The zero-order valence-corrected chi connectivity index (χ0v) is 12.8. The van der Waals surface area contributed by atoms with Gasteiger partial charge in [0.2, 0.25) is 0 Å². The average molecular weight is 285 g/mol. The molecule has 0 saturated carbocycles. The SMILES string of the molecule is COc1ccc(O)c(C(C)NCC(C)(O)CSC)c1. The van der Waals surface area contributed by atoms with Crippen LogP contribution in [0.4, 0.5) is 0 Å². The lowest BCUT2D eigenvalue weighted by Crippen LogP contribution is -2.40. The van der Waals surface area contributed by atoms with Crippen LogP contribution >= 0.6 is 11.8 Å². The summed E-state index contributed by atoms with van der Waals surface area (Å²) in [5.74, 6) is 1.60. The summed E-state index contributed by atoms with van der Waals surface area (Å²) in [6.45, 7) is 4.21. The average Bonchev–Trinajstić information content (AvgIpc) is 2.36. The van der Waals surface area contributed by atoms with E-state index in [1.54, 1.807) is 44.0 Å². The minimum absolute atomic E-state index is 0.0663. The van der Waals surface area contributed by atoms with Gasteiger partial charge in [0.25, 0.3) is 0 Å². The second-order valence-electron chi connectivity index (χ2n) is 4.96. The number of thioether (sulfide) groups is 1. The normalized spacial score (nSPS) is 15.8. The summed E-state index contributed by atoms with van der Waals surface area (Å²) in [4.78, 5) is 0. The lowest BCUT2D eigenvalue weighted by molar-refractivity contribution is 0.0819. The number of hydrogen-bond acceptors (Lipinski definition) is 5. The first kappa shape index (κ1) is 16.1. The molecule has 0 radical (unpaired) electrons. The molecule has 2 unspecified atom stereocenters. The molecule has 0 aliphatic heterocycles. The maximum absolute atomic E-state index is 10.1. The topological polar surface area (TPSA) is 61.7 Å². The Labute approximate surface area is 119 Å². The van der Waals surface area contributed by atoms with E-state index in [1.807, 2.05) is 13.2 Å². The van der Waals surface area contributed by atoms with Gasteiger partial charge >= 0.3 is 0 Å². The van der Waals surface area contributed by atoms with Crippen LogP contribution in [0.25, 0.3) is 0 Å². The summed E-state index contributed by atoms with van der Waals surface area (Å²) < 4.78 is 5.15. The van der Waals surface area contributed by atoms with Gasteiger partial charge in [-0.1, -0.05) is 0 Å². The lowest BCUT2D eigenvalue weighted by Gasteiger charge is -2.25. The Morgan fingerprint density at radius 3 is 2.74 bits per heavy atom. The zero-order valence-electron chi connectivity index (χ0n) is 11.9. The van der Waals surface area contributed by atoms with E-state index in [9.17, 15) is 10.2 Å². The van der Waals surface area contributed by atoms with Crippen LogP contribution in [0.3, 0.4) is 0 Å². The van der Waals surface area contributed by atoms with Crippen molar-refractivity contribution in [1.29, 1.82) is 0 Å². The zero-order chi connectivity index (χ0) is 14.5. The van der Waals surface area contributed by atoms with E-state index in [0.29, 0.717) is 18.0 Å². The second kappa shape index (κ2) is 7.03. The molecule has 1 rings (SSSR count). The molecule has 0 saturated heterocycles. The highest BCUT2D eigenvalue weighted by Crippen LogP contribution is 2.28. The third kappa shape index (κ3) is 4.93. The number of hydrogen-bond donors (Lipinski definition) is 3. The number of phenols is 1. The minimum Gasteiger partial charge on any atom is -0.508 e. The molecular weight excluding hydrogens is 262 g/mol. The van der Waals surface area contributed by atoms with Gasteiger partial charge in [0.15, 0.2) is 0 Å². The Morgan fingerprint density at radius 2 is 2.16 bits per heavy atom. The van der Waals surface area contributed by atoms with E-state index in [2.05, 4.69) is 5.32 Å². The Hall–Kier alpha value is -0.910. The molecule has 1 aromatic carbocycles. The fourth-order valence-electron chi connectivity index (χ4n) is 1.85. The van der Waals surface area contributed by atoms with Gasteiger partial charge in [-0.2, -0.15) is 11.8 Å². The summed E-state index contributed by atoms with van der Waals surface area (Å²) in [7, 11) is 1.59. The van der Waals surface area contributed by atoms with Gasteiger partial charge in [-0.15, -0.1) is 0 Å². The molecule has 0 fully saturated rings. The van der Waals surface area contributed by atoms with Crippen molar-refractivity contribution in [3.63, 3.8) is 0 Å². The van der Waals surface area contributed by atoms with Gasteiger partial charge in [-0.05, 0) is 38.3 Å². The first-order valence-electron chi connectivity index (χ1n) is 6.21. The summed E-state index contributed by atoms with van der Waals surface area (Å²) in [5.41, 5.74) is 0.00150. The molecule has 2 atom stereocenters. The number of nitrogens with one attached hydrogen (secondary N) is 1. The third-order valence-corrected chi connectivity index (χ3v) is 3.86. The van der Waals surface area contributed by atoms with Gasteiger partial charge < -0.3 is 20.3 Å². The number of rotatable bonds is 7. The van der Waals surface area contributed by atoms with Gasteiger partial charge in [-0.3, -0.25) is 0 Å². The van der Waals surface area contributed by atoms with E-state index in [4.69, 9.17) is 4.74 Å². The largest absolute Gasteiger partial charge is 0.508 e. The quantitative estimate of drug-likeness (QED) is 0.716. The molecule has 0 aliphatic rings. The monoisotopic (exact) mass is 285 g/mol. The predicted octanol–water partition coefficient (Wildman–Crippen LogP) is 2.17. The van der Waals surface area contributed by atoms with Gasteiger partial charge in [0.05, 0.1) is 12.7 Å². The van der Waals surface area contributed by atoms with Crippen molar-refractivity contribution < 1.29 is 14.9 Å². The van der Waals surface area contributed by atoms with Crippen molar-refractivity contribution in [3.05, 3.63) is 23.8 Å². The molecule has 0 aromatic heterocycles. The summed E-state index contributed by atoms with van der Waals surface area (Å²) in [5, 5.41) is 23.2. The smallest absolute Gasteiger partial charge is 0.120 e. The van der Waals surface area contributed by atoms with Crippen LogP contribution in [0.15, 0.2) is 18.2 Å². The fraction of sp³-hybridized carbons (Fsp3) is 0.571. The molecule has 1 aromatic rings. The van der Waals surface area contributed by atoms with E-state index in [-0.39, 0.29) is 11.8 Å². The molecule has 0 heterocycles. The van der Waals surface area contributed by atoms with E-state index in [1.165, 1.54) is 0 Å². The number of aliphatic hydroxyl groups is 1. The molecular formula is C14H23NO3S. The summed E-state index contributed by atoms with van der Waals surface area (Å²) >= 11 is 1.61. The number of ether oxygens (including phenoxy) is 1. The minimum atomic E-state index is -0.762. The molecule has 0 spiro atoms. The molecule has 3 N–H and O–H groups in total. The van der Waals surface area contributed by atoms with Crippen LogP contribution in [-0.4, -0.2) is 41.5 Å². The van der Waals surface area contributed by atoms with Crippen molar-refractivity contribution in [2.75, 3.05) is 25.7 Å². The van der Waals surface area contributed by atoms with E-state index < -0.39 is 5.60 Å². The van der Waals surface area contributed by atoms with Crippen LogP contribution in [-0.2, 0) is 0 Å². The van der Waals surface area contributed by atoms with E-state index in [0.717, 1.165) is 5.56 Å². The van der Waals surface area contributed by atoms with Gasteiger partial charge in [-0.25, -0.2) is 0 Å². The van der Waals surface area contributed by atoms with Crippen molar-refractivity contribution in [3.8, 4) is 11.5 Å². The van der Waals surface area contributed by atoms with Crippen LogP contribution in [0.2, 0.25) is 0 Å². The fourth-order valence-corrected chi connectivity index (χ4v) is 2.58. The molecule has 0 amide bonds. The number of benzene rings is 1. The standard InChI is InChI=1S/C14H23NO3S/c1-10(15-8-14(2,17)9-19-4)12-7-11(18-3)5-6-13(12)16/h5-7,10,15-17H,8-9H2,1-4H3. The molecule has 4 nitrogen and oxygen atoms in total. The van der Waals surface area contributed by atoms with Crippen molar-refractivity contribution in [2.24, 2.45) is 0 Å². The number of aromatic hydroxyl groups is 1. The highest BCUT2D eigenvalue weighted by atomic mass is 32.2. The maximum atomic E-state index is 10.1. The molecule has 19 heavy (non-hydrogen) atoms. The van der Waals surface area contributed by atoms with E-state index >= 15 is 0 Å². The Bertz CT molecular complexity index is 410. The predicted molar refractivity (Wildman–Crippen MR) is 80.1 cm³/mol. The molecule has 0 aliphatic carbocycles. The maximum Gasteiger partial charge on any atom is 0.120 e.